The number of carbonyl (C=O) groups excluding carboxylic acids is 3. The van der Waals surface area contributed by atoms with Gasteiger partial charge in [0.15, 0.2) is 6.61 Å². The van der Waals surface area contributed by atoms with E-state index in [9.17, 15) is 14.4 Å². The summed E-state index contributed by atoms with van der Waals surface area (Å²) in [6.45, 7) is 0.278. The first-order valence-corrected chi connectivity index (χ1v) is 11.6. The molecule has 0 saturated heterocycles. The van der Waals surface area contributed by atoms with E-state index >= 15 is 0 Å². The first-order chi connectivity index (χ1) is 16.4. The lowest BCUT2D eigenvalue weighted by atomic mass is 9.92. The third kappa shape index (κ3) is 4.04. The van der Waals surface area contributed by atoms with E-state index in [0.29, 0.717) is 39.9 Å². The molecule has 2 heterocycles. The summed E-state index contributed by atoms with van der Waals surface area (Å²) in [4.78, 5) is 42.2. The van der Waals surface area contributed by atoms with Crippen LogP contribution < -0.4 is 4.74 Å². The van der Waals surface area contributed by atoms with Gasteiger partial charge in [-0.2, -0.15) is 0 Å². The van der Waals surface area contributed by atoms with Crippen LogP contribution in [0.25, 0.3) is 0 Å². The van der Waals surface area contributed by atoms with Gasteiger partial charge in [0.2, 0.25) is 0 Å². The standard InChI is InChI=1S/C26H20Cl2N2O4/c27-17-9-10-23(21(28)13-17)34-15-24(31)29-12-11-16-5-1-2-6-18(16)22(29)14-30-25(32)19-7-3-4-8-20(19)26(30)33/h1-10,13,22H,11-12,14-15H2. The van der Waals surface area contributed by atoms with E-state index in [1.807, 2.05) is 24.3 Å². The number of hydrogen-bond donors (Lipinski definition) is 0. The molecule has 0 saturated carbocycles. The monoisotopic (exact) mass is 494 g/mol. The summed E-state index contributed by atoms with van der Waals surface area (Å²) in [6, 6.07) is 18.9. The largest absolute Gasteiger partial charge is 0.482 e. The molecule has 1 atom stereocenters. The van der Waals surface area contributed by atoms with Gasteiger partial charge in [0.1, 0.15) is 5.75 Å². The first kappa shape index (κ1) is 22.4. The summed E-state index contributed by atoms with van der Waals surface area (Å²) >= 11 is 12.1. The second-order valence-electron chi connectivity index (χ2n) is 8.18. The fourth-order valence-electron chi connectivity index (χ4n) is 4.54. The van der Waals surface area contributed by atoms with Crippen molar-refractivity contribution in [2.75, 3.05) is 19.7 Å². The van der Waals surface area contributed by atoms with Gasteiger partial charge < -0.3 is 9.64 Å². The summed E-state index contributed by atoms with van der Waals surface area (Å²) in [5, 5.41) is 0.782. The van der Waals surface area contributed by atoms with Crippen molar-refractivity contribution in [1.29, 1.82) is 0 Å². The van der Waals surface area contributed by atoms with Gasteiger partial charge in [-0.25, -0.2) is 0 Å². The molecule has 0 fully saturated rings. The predicted octanol–water partition coefficient (Wildman–Crippen LogP) is 4.79. The molecule has 3 aromatic rings. The molecule has 0 spiro atoms. The summed E-state index contributed by atoms with van der Waals surface area (Å²) in [6.07, 6.45) is 0.669. The Morgan fingerprint density at radius 2 is 1.62 bits per heavy atom. The number of fused-ring (bicyclic) bond motifs is 2. The zero-order valence-electron chi connectivity index (χ0n) is 18.0. The van der Waals surface area contributed by atoms with Gasteiger partial charge in [0.05, 0.1) is 28.7 Å². The van der Waals surface area contributed by atoms with Gasteiger partial charge in [-0.1, -0.05) is 59.6 Å². The highest BCUT2D eigenvalue weighted by Gasteiger charge is 2.40. The molecule has 8 heteroatoms. The molecule has 0 N–H and O–H groups in total. The molecule has 1 unspecified atom stereocenters. The van der Waals surface area contributed by atoms with Crippen LogP contribution in [0.15, 0.2) is 66.7 Å². The molecule has 2 aliphatic rings. The van der Waals surface area contributed by atoms with Crippen LogP contribution in [0.4, 0.5) is 0 Å². The van der Waals surface area contributed by atoms with Crippen LogP contribution >= 0.6 is 23.2 Å². The van der Waals surface area contributed by atoms with Crippen molar-refractivity contribution in [3.63, 3.8) is 0 Å². The summed E-state index contributed by atoms with van der Waals surface area (Å²) in [5.74, 6) is -0.601. The van der Waals surface area contributed by atoms with E-state index in [0.717, 1.165) is 11.1 Å². The van der Waals surface area contributed by atoms with Gasteiger partial charge in [0.25, 0.3) is 17.7 Å². The van der Waals surface area contributed by atoms with Crippen molar-refractivity contribution >= 4 is 40.9 Å². The quantitative estimate of drug-likeness (QED) is 0.478. The minimum atomic E-state index is -0.482. The Labute approximate surface area is 206 Å². The molecule has 0 bridgehead atoms. The van der Waals surface area contributed by atoms with Crippen LogP contribution in [0.1, 0.15) is 37.9 Å². The van der Waals surface area contributed by atoms with Crippen LogP contribution in [0.5, 0.6) is 5.75 Å². The maximum atomic E-state index is 13.3. The van der Waals surface area contributed by atoms with Crippen LogP contribution in [0, 0.1) is 0 Å². The number of nitrogens with zero attached hydrogens (tertiary/aromatic N) is 2. The topological polar surface area (TPSA) is 66.9 Å². The molecule has 0 radical (unpaired) electrons. The van der Waals surface area contributed by atoms with E-state index in [1.165, 1.54) is 4.90 Å². The van der Waals surface area contributed by atoms with Crippen molar-refractivity contribution < 1.29 is 19.1 Å². The van der Waals surface area contributed by atoms with Gasteiger partial charge in [0, 0.05) is 11.6 Å². The number of ether oxygens (including phenoxy) is 1. The minimum absolute atomic E-state index is 0.0663. The molecule has 3 amide bonds. The average molecular weight is 495 g/mol. The average Bonchev–Trinajstić information content (AvgIpc) is 3.08. The molecule has 172 valence electrons. The number of benzene rings is 3. The van der Waals surface area contributed by atoms with Crippen LogP contribution in [-0.2, 0) is 11.2 Å². The third-order valence-corrected chi connectivity index (χ3v) is 6.74. The molecule has 0 aliphatic carbocycles. The second-order valence-corrected chi connectivity index (χ2v) is 9.03. The number of imide groups is 1. The van der Waals surface area contributed by atoms with Crippen molar-refractivity contribution in [1.82, 2.24) is 9.80 Å². The van der Waals surface area contributed by atoms with E-state index < -0.39 is 6.04 Å². The van der Waals surface area contributed by atoms with Crippen LogP contribution in [0.3, 0.4) is 0 Å². The number of rotatable bonds is 5. The second kappa shape index (κ2) is 9.12. The molecule has 3 aromatic carbocycles. The Kier molecular flexibility index (Phi) is 6.02. The minimum Gasteiger partial charge on any atom is -0.482 e. The van der Waals surface area contributed by atoms with Crippen molar-refractivity contribution in [3.05, 3.63) is 99.0 Å². The van der Waals surface area contributed by atoms with Gasteiger partial charge >= 0.3 is 0 Å². The van der Waals surface area contributed by atoms with Gasteiger partial charge in [-0.3, -0.25) is 19.3 Å². The smallest absolute Gasteiger partial charge is 0.261 e. The maximum absolute atomic E-state index is 13.3. The maximum Gasteiger partial charge on any atom is 0.261 e. The van der Waals surface area contributed by atoms with Crippen molar-refractivity contribution in [2.24, 2.45) is 0 Å². The van der Waals surface area contributed by atoms with E-state index in [4.69, 9.17) is 27.9 Å². The lowest BCUT2D eigenvalue weighted by Gasteiger charge is -2.38. The third-order valence-electron chi connectivity index (χ3n) is 6.21. The Morgan fingerprint density at radius 1 is 0.941 bits per heavy atom. The normalized spacial score (nSPS) is 16.9. The van der Waals surface area contributed by atoms with Crippen LogP contribution in [-0.4, -0.2) is 47.2 Å². The van der Waals surface area contributed by atoms with E-state index in [-0.39, 0.29) is 30.9 Å². The molecule has 34 heavy (non-hydrogen) atoms. The highest BCUT2D eigenvalue weighted by Crippen LogP contribution is 2.34. The summed E-state index contributed by atoms with van der Waals surface area (Å²) in [7, 11) is 0. The molecule has 0 aromatic heterocycles. The number of amides is 3. The van der Waals surface area contributed by atoms with Crippen LogP contribution in [0.2, 0.25) is 10.0 Å². The van der Waals surface area contributed by atoms with Gasteiger partial charge in [-0.15, -0.1) is 0 Å². The molecular weight excluding hydrogens is 475 g/mol. The Bertz CT molecular complexity index is 1270. The Morgan fingerprint density at radius 3 is 2.32 bits per heavy atom. The fraction of sp³-hybridized carbons (Fsp3) is 0.192. The molecular formula is C26H20Cl2N2O4. The SMILES string of the molecule is O=C1c2ccccc2C(=O)N1CC1c2ccccc2CCN1C(=O)COc1ccc(Cl)cc1Cl. The molecule has 2 aliphatic heterocycles. The number of hydrogen-bond acceptors (Lipinski definition) is 4. The molecule has 6 nitrogen and oxygen atoms in total. The lowest BCUT2D eigenvalue weighted by molar-refractivity contribution is -0.136. The summed E-state index contributed by atoms with van der Waals surface area (Å²) < 4.78 is 5.68. The first-order valence-electron chi connectivity index (χ1n) is 10.8. The number of carbonyl (C=O) groups is 3. The lowest BCUT2D eigenvalue weighted by Crippen LogP contribution is -2.47. The predicted molar refractivity (Wildman–Crippen MR) is 128 cm³/mol. The van der Waals surface area contributed by atoms with Crippen molar-refractivity contribution in [2.45, 2.75) is 12.5 Å². The van der Waals surface area contributed by atoms with E-state index in [2.05, 4.69) is 0 Å². The number of halogens is 2. The highest BCUT2D eigenvalue weighted by atomic mass is 35.5. The Balaban J connectivity index is 1.40. The Hall–Kier alpha value is -3.35. The zero-order valence-corrected chi connectivity index (χ0v) is 19.6. The highest BCUT2D eigenvalue weighted by molar-refractivity contribution is 6.35. The summed E-state index contributed by atoms with van der Waals surface area (Å²) in [5.41, 5.74) is 2.78. The van der Waals surface area contributed by atoms with E-state index in [1.54, 1.807) is 47.4 Å². The fourth-order valence-corrected chi connectivity index (χ4v) is 5.00. The molecule has 5 rings (SSSR count). The zero-order chi connectivity index (χ0) is 23.8. The van der Waals surface area contributed by atoms with Gasteiger partial charge in [-0.05, 0) is 47.9 Å². The van der Waals surface area contributed by atoms with Crippen molar-refractivity contribution in [3.8, 4) is 5.75 Å².